The number of hydrazine groups is 1. The van der Waals surface area contributed by atoms with Crippen molar-refractivity contribution in [2.45, 2.75) is 12.1 Å². The lowest BCUT2D eigenvalue weighted by molar-refractivity contribution is -0.119. The number of nitrogens with one attached hydrogen (secondary N) is 2. The average Bonchev–Trinajstić information content (AvgIpc) is 3.31. The van der Waals surface area contributed by atoms with Crippen molar-refractivity contribution < 1.29 is 18.7 Å². The molecule has 3 aromatic carbocycles. The van der Waals surface area contributed by atoms with Gasteiger partial charge in [-0.2, -0.15) is 0 Å². The van der Waals surface area contributed by atoms with Gasteiger partial charge in [-0.15, -0.1) is 10.2 Å². The quantitative estimate of drug-likeness (QED) is 0.285. The molecule has 10 heteroatoms. The molecule has 1 heterocycles. The van der Waals surface area contributed by atoms with Crippen LogP contribution in [0.3, 0.4) is 0 Å². The van der Waals surface area contributed by atoms with E-state index < -0.39 is 17.6 Å². The number of thioether (sulfide) groups is 1. The van der Waals surface area contributed by atoms with Crippen LogP contribution >= 0.6 is 11.8 Å². The number of amides is 2. The predicted molar refractivity (Wildman–Crippen MR) is 131 cm³/mol. The zero-order valence-corrected chi connectivity index (χ0v) is 19.6. The van der Waals surface area contributed by atoms with Gasteiger partial charge in [0.25, 0.3) is 5.91 Å². The number of carbonyl (C=O) groups is 2. The van der Waals surface area contributed by atoms with Crippen molar-refractivity contribution in [3.05, 3.63) is 90.2 Å². The molecule has 0 aliphatic rings. The highest BCUT2D eigenvalue weighted by Crippen LogP contribution is 2.30. The summed E-state index contributed by atoms with van der Waals surface area (Å²) in [6, 6.07) is 22.0. The molecule has 0 saturated heterocycles. The number of hydrogen-bond donors (Lipinski definition) is 2. The third-order valence-electron chi connectivity index (χ3n) is 4.83. The zero-order chi connectivity index (χ0) is 24.6. The van der Waals surface area contributed by atoms with E-state index in [4.69, 9.17) is 4.74 Å². The Morgan fingerprint density at radius 3 is 2.37 bits per heavy atom. The van der Waals surface area contributed by atoms with E-state index in [2.05, 4.69) is 21.0 Å². The molecule has 0 radical (unpaired) electrons. The van der Waals surface area contributed by atoms with Gasteiger partial charge in [-0.25, -0.2) is 4.39 Å². The SMILES string of the molecule is CCOc1ccc(-c2nnc(SCC(=O)NNC(=O)c3ccccc3)n2-c2ccccc2F)cc1. The van der Waals surface area contributed by atoms with E-state index in [0.29, 0.717) is 34.5 Å². The number of nitrogens with zero attached hydrogens (tertiary/aromatic N) is 3. The number of carbonyl (C=O) groups excluding carboxylic acids is 2. The Labute approximate surface area is 205 Å². The standard InChI is InChI=1S/C25H22FN5O3S/c1-2-34-19-14-12-17(13-15-19)23-28-30-25(31(23)21-11-7-6-10-20(21)26)35-16-22(32)27-29-24(33)18-8-4-3-5-9-18/h3-15H,2,16H2,1H3,(H,27,32)(H,29,33). The molecule has 0 unspecified atom stereocenters. The lowest BCUT2D eigenvalue weighted by atomic mass is 10.2. The monoisotopic (exact) mass is 491 g/mol. The first-order chi connectivity index (χ1) is 17.1. The van der Waals surface area contributed by atoms with Crippen molar-refractivity contribution in [3.8, 4) is 22.8 Å². The molecule has 1 aromatic heterocycles. The van der Waals surface area contributed by atoms with E-state index in [1.54, 1.807) is 65.2 Å². The summed E-state index contributed by atoms with van der Waals surface area (Å²) in [4.78, 5) is 24.5. The molecule has 2 N–H and O–H groups in total. The largest absolute Gasteiger partial charge is 0.494 e. The second-order valence-electron chi connectivity index (χ2n) is 7.21. The van der Waals surface area contributed by atoms with Gasteiger partial charge in [-0.3, -0.25) is 25.0 Å². The van der Waals surface area contributed by atoms with Gasteiger partial charge < -0.3 is 4.74 Å². The number of para-hydroxylation sites is 1. The van der Waals surface area contributed by atoms with Gasteiger partial charge in [0.1, 0.15) is 11.6 Å². The highest BCUT2D eigenvalue weighted by atomic mass is 32.2. The van der Waals surface area contributed by atoms with Crippen LogP contribution in [0.5, 0.6) is 5.75 Å². The summed E-state index contributed by atoms with van der Waals surface area (Å²) in [5, 5.41) is 8.77. The normalized spacial score (nSPS) is 10.6. The number of ether oxygens (including phenoxy) is 1. The molecule has 0 bridgehead atoms. The first kappa shape index (κ1) is 24.0. The Kier molecular flexibility index (Phi) is 7.74. The molecule has 2 amide bonds. The Bertz CT molecular complexity index is 1310. The number of benzene rings is 3. The van der Waals surface area contributed by atoms with Crippen molar-refractivity contribution in [1.29, 1.82) is 0 Å². The van der Waals surface area contributed by atoms with E-state index in [1.165, 1.54) is 6.07 Å². The molecular formula is C25H22FN5O3S. The topological polar surface area (TPSA) is 98.1 Å². The Balaban J connectivity index is 1.52. The van der Waals surface area contributed by atoms with Crippen LogP contribution in [-0.4, -0.2) is 38.9 Å². The molecule has 0 atom stereocenters. The molecular weight excluding hydrogens is 469 g/mol. The lowest BCUT2D eigenvalue weighted by Gasteiger charge is -2.12. The Hall–Kier alpha value is -4.18. The van der Waals surface area contributed by atoms with Crippen LogP contribution in [0.15, 0.2) is 84.0 Å². The fourth-order valence-corrected chi connectivity index (χ4v) is 3.97. The van der Waals surface area contributed by atoms with E-state index in [-0.39, 0.29) is 11.4 Å². The van der Waals surface area contributed by atoms with Crippen LogP contribution in [0.4, 0.5) is 4.39 Å². The van der Waals surface area contributed by atoms with Crippen molar-refractivity contribution >= 4 is 23.6 Å². The van der Waals surface area contributed by atoms with Gasteiger partial charge in [0.05, 0.1) is 18.0 Å². The number of aromatic nitrogens is 3. The number of halogens is 1. The molecule has 4 rings (SSSR count). The smallest absolute Gasteiger partial charge is 0.269 e. The van der Waals surface area contributed by atoms with Gasteiger partial charge >= 0.3 is 0 Å². The maximum absolute atomic E-state index is 14.7. The second-order valence-corrected chi connectivity index (χ2v) is 8.15. The second kappa shape index (κ2) is 11.3. The molecule has 0 aliphatic carbocycles. The lowest BCUT2D eigenvalue weighted by Crippen LogP contribution is -2.42. The maximum atomic E-state index is 14.7. The Morgan fingerprint density at radius 2 is 1.66 bits per heavy atom. The van der Waals surface area contributed by atoms with Gasteiger partial charge in [0.2, 0.25) is 5.91 Å². The number of hydrogen-bond acceptors (Lipinski definition) is 6. The van der Waals surface area contributed by atoms with Crippen molar-refractivity contribution in [1.82, 2.24) is 25.6 Å². The summed E-state index contributed by atoms with van der Waals surface area (Å²) in [7, 11) is 0. The average molecular weight is 492 g/mol. The minimum Gasteiger partial charge on any atom is -0.494 e. The van der Waals surface area contributed by atoms with Gasteiger partial charge in [-0.05, 0) is 55.5 Å². The van der Waals surface area contributed by atoms with Crippen molar-refractivity contribution in [2.24, 2.45) is 0 Å². The third kappa shape index (κ3) is 5.85. The molecule has 4 aromatic rings. The summed E-state index contributed by atoms with van der Waals surface area (Å²) in [5.74, 6) is -0.303. The summed E-state index contributed by atoms with van der Waals surface area (Å²) in [6.45, 7) is 2.44. The van der Waals surface area contributed by atoms with Crippen LogP contribution in [0.1, 0.15) is 17.3 Å². The fourth-order valence-electron chi connectivity index (χ4n) is 3.22. The molecule has 0 saturated carbocycles. The van der Waals surface area contributed by atoms with Crippen LogP contribution < -0.4 is 15.6 Å². The molecule has 0 fully saturated rings. The van der Waals surface area contributed by atoms with Crippen molar-refractivity contribution in [3.63, 3.8) is 0 Å². The van der Waals surface area contributed by atoms with E-state index in [0.717, 1.165) is 11.8 Å². The first-order valence-corrected chi connectivity index (χ1v) is 11.8. The molecule has 8 nitrogen and oxygen atoms in total. The van der Waals surface area contributed by atoms with Gasteiger partial charge in [0, 0.05) is 11.1 Å². The van der Waals surface area contributed by atoms with Crippen molar-refractivity contribution in [2.75, 3.05) is 12.4 Å². The van der Waals surface area contributed by atoms with E-state index >= 15 is 0 Å². The molecule has 178 valence electrons. The van der Waals surface area contributed by atoms with Gasteiger partial charge in [-0.1, -0.05) is 42.1 Å². The predicted octanol–water partition coefficient (Wildman–Crippen LogP) is 4.03. The maximum Gasteiger partial charge on any atom is 0.269 e. The third-order valence-corrected chi connectivity index (χ3v) is 5.76. The Morgan fingerprint density at radius 1 is 0.943 bits per heavy atom. The summed E-state index contributed by atoms with van der Waals surface area (Å²) in [6.07, 6.45) is 0. The van der Waals surface area contributed by atoms with E-state index in [1.807, 2.05) is 19.1 Å². The van der Waals surface area contributed by atoms with Crippen LogP contribution in [0.2, 0.25) is 0 Å². The zero-order valence-electron chi connectivity index (χ0n) is 18.8. The molecule has 0 aliphatic heterocycles. The molecule has 35 heavy (non-hydrogen) atoms. The van der Waals surface area contributed by atoms with Gasteiger partial charge in [0.15, 0.2) is 11.0 Å². The minimum atomic E-state index is -0.457. The fraction of sp³-hybridized carbons (Fsp3) is 0.120. The summed E-state index contributed by atoms with van der Waals surface area (Å²) >= 11 is 1.07. The summed E-state index contributed by atoms with van der Waals surface area (Å²) in [5.41, 5.74) is 6.12. The van der Waals surface area contributed by atoms with Crippen LogP contribution in [-0.2, 0) is 4.79 Å². The highest BCUT2D eigenvalue weighted by Gasteiger charge is 2.20. The van der Waals surface area contributed by atoms with Crippen LogP contribution in [0.25, 0.3) is 17.1 Å². The number of rotatable bonds is 8. The van der Waals surface area contributed by atoms with E-state index in [9.17, 15) is 14.0 Å². The minimum absolute atomic E-state index is 0.0784. The molecule has 0 spiro atoms. The van der Waals surface area contributed by atoms with Crippen LogP contribution in [0, 0.1) is 5.82 Å². The highest BCUT2D eigenvalue weighted by molar-refractivity contribution is 7.99. The summed E-state index contributed by atoms with van der Waals surface area (Å²) < 4.78 is 21.8. The first-order valence-electron chi connectivity index (χ1n) is 10.8.